The van der Waals surface area contributed by atoms with Crippen LogP contribution in [0.4, 0.5) is 4.39 Å². The molecule has 2 rings (SSSR count). The van der Waals surface area contributed by atoms with Gasteiger partial charge in [0.15, 0.2) is 0 Å². The van der Waals surface area contributed by atoms with Crippen LogP contribution in [-0.4, -0.2) is 14.2 Å². The summed E-state index contributed by atoms with van der Waals surface area (Å²) in [6.07, 6.45) is 1.64. The lowest BCUT2D eigenvalue weighted by atomic mass is 9.98. The van der Waals surface area contributed by atoms with E-state index in [4.69, 9.17) is 16.3 Å². The molecule has 1 unspecified atom stereocenters. The monoisotopic (exact) mass is 307 g/mol. The Kier molecular flexibility index (Phi) is 5.59. The molecule has 1 atom stereocenters. The topological polar surface area (TPSA) is 21.3 Å². The molecular weight excluding hydrogens is 289 g/mol. The quantitative estimate of drug-likeness (QED) is 0.855. The fourth-order valence-corrected chi connectivity index (χ4v) is 2.52. The molecule has 4 heteroatoms. The molecule has 2 aromatic rings. The summed E-state index contributed by atoms with van der Waals surface area (Å²) in [7, 11) is 3.48. The number of benzene rings is 2. The summed E-state index contributed by atoms with van der Waals surface area (Å²) in [5.74, 6) is 0.610. The standard InChI is InChI=1S/C17H19ClFNO/c1-20-17(15-11-13(18)6-9-16(15)19)10-5-12-3-7-14(21-2)8-4-12/h3-4,6-9,11,17,20H,5,10H2,1-2H3. The van der Waals surface area contributed by atoms with Gasteiger partial charge in [-0.2, -0.15) is 0 Å². The molecule has 1 N–H and O–H groups in total. The molecular formula is C17H19ClFNO. The fourth-order valence-electron chi connectivity index (χ4n) is 2.34. The fraction of sp³-hybridized carbons (Fsp3) is 0.294. The first kappa shape index (κ1) is 15.8. The highest BCUT2D eigenvalue weighted by atomic mass is 35.5. The van der Waals surface area contributed by atoms with Gasteiger partial charge >= 0.3 is 0 Å². The van der Waals surface area contributed by atoms with Gasteiger partial charge in [0.1, 0.15) is 11.6 Å². The highest BCUT2D eigenvalue weighted by molar-refractivity contribution is 6.30. The van der Waals surface area contributed by atoms with Crippen LogP contribution in [0.25, 0.3) is 0 Å². The van der Waals surface area contributed by atoms with E-state index in [0.29, 0.717) is 10.6 Å². The van der Waals surface area contributed by atoms with Gasteiger partial charge in [0.05, 0.1) is 7.11 Å². The predicted molar refractivity (Wildman–Crippen MR) is 84.5 cm³/mol. The molecule has 0 aliphatic heterocycles. The third-order valence-corrected chi connectivity index (χ3v) is 3.80. The van der Waals surface area contributed by atoms with E-state index in [0.717, 1.165) is 18.6 Å². The molecule has 2 aromatic carbocycles. The van der Waals surface area contributed by atoms with E-state index in [2.05, 4.69) is 5.32 Å². The molecule has 0 heterocycles. The molecule has 0 radical (unpaired) electrons. The van der Waals surface area contributed by atoms with Crippen molar-refractivity contribution in [3.8, 4) is 5.75 Å². The summed E-state index contributed by atoms with van der Waals surface area (Å²) in [5.41, 5.74) is 1.80. The summed E-state index contributed by atoms with van der Waals surface area (Å²) in [6, 6.07) is 12.5. The van der Waals surface area contributed by atoms with Crippen LogP contribution in [-0.2, 0) is 6.42 Å². The second kappa shape index (κ2) is 7.43. The van der Waals surface area contributed by atoms with E-state index in [1.807, 2.05) is 31.3 Å². The highest BCUT2D eigenvalue weighted by Crippen LogP contribution is 2.25. The molecule has 112 valence electrons. The van der Waals surface area contributed by atoms with E-state index in [1.54, 1.807) is 19.2 Å². The number of hydrogen-bond donors (Lipinski definition) is 1. The Morgan fingerprint density at radius 2 is 1.90 bits per heavy atom. The van der Waals surface area contributed by atoms with Crippen molar-refractivity contribution in [2.75, 3.05) is 14.2 Å². The molecule has 0 bridgehead atoms. The summed E-state index contributed by atoms with van der Waals surface area (Å²) < 4.78 is 19.1. The minimum absolute atomic E-state index is 0.0641. The van der Waals surface area contributed by atoms with Crippen molar-refractivity contribution in [1.29, 1.82) is 0 Å². The molecule has 0 amide bonds. The molecule has 2 nitrogen and oxygen atoms in total. The summed E-state index contributed by atoms with van der Waals surface area (Å²) in [4.78, 5) is 0. The van der Waals surface area contributed by atoms with Gasteiger partial charge in [0.25, 0.3) is 0 Å². The second-order valence-corrected chi connectivity index (χ2v) is 5.33. The first-order valence-electron chi connectivity index (χ1n) is 6.89. The maximum atomic E-state index is 13.9. The average Bonchev–Trinajstić information content (AvgIpc) is 2.51. The number of ether oxygens (including phenoxy) is 1. The maximum Gasteiger partial charge on any atom is 0.128 e. The number of hydrogen-bond acceptors (Lipinski definition) is 2. The van der Waals surface area contributed by atoms with Gasteiger partial charge in [-0.05, 0) is 55.8 Å². The van der Waals surface area contributed by atoms with Gasteiger partial charge in [-0.1, -0.05) is 23.7 Å². The van der Waals surface area contributed by atoms with Crippen LogP contribution < -0.4 is 10.1 Å². The van der Waals surface area contributed by atoms with Gasteiger partial charge in [-0.25, -0.2) is 4.39 Å². The third kappa shape index (κ3) is 4.19. The lowest BCUT2D eigenvalue weighted by molar-refractivity contribution is 0.414. The number of methoxy groups -OCH3 is 1. The zero-order valence-corrected chi connectivity index (χ0v) is 13.0. The SMILES string of the molecule is CNC(CCc1ccc(OC)cc1)c1cc(Cl)ccc1F. The van der Waals surface area contributed by atoms with Crippen LogP contribution in [0.3, 0.4) is 0 Å². The van der Waals surface area contributed by atoms with Gasteiger partial charge in [0, 0.05) is 16.6 Å². The number of rotatable bonds is 6. The molecule has 0 spiro atoms. The van der Waals surface area contributed by atoms with E-state index >= 15 is 0 Å². The van der Waals surface area contributed by atoms with Crippen LogP contribution in [0.15, 0.2) is 42.5 Å². The van der Waals surface area contributed by atoms with Crippen LogP contribution in [0.5, 0.6) is 5.75 Å². The molecule has 0 aliphatic rings. The van der Waals surface area contributed by atoms with E-state index in [-0.39, 0.29) is 11.9 Å². The molecule has 0 saturated carbocycles. The van der Waals surface area contributed by atoms with Crippen molar-refractivity contribution < 1.29 is 9.13 Å². The summed E-state index contributed by atoms with van der Waals surface area (Å²) in [5, 5.41) is 3.71. The number of halogens is 2. The lowest BCUT2D eigenvalue weighted by Gasteiger charge is -2.18. The Bertz CT molecular complexity index is 586. The highest BCUT2D eigenvalue weighted by Gasteiger charge is 2.14. The molecule has 0 aromatic heterocycles. The first-order chi connectivity index (χ1) is 10.1. The van der Waals surface area contributed by atoms with Crippen molar-refractivity contribution in [2.24, 2.45) is 0 Å². The Morgan fingerprint density at radius 1 is 1.19 bits per heavy atom. The summed E-state index contributed by atoms with van der Waals surface area (Å²) >= 11 is 5.96. The van der Waals surface area contributed by atoms with Crippen LogP contribution >= 0.6 is 11.6 Å². The molecule has 0 saturated heterocycles. The van der Waals surface area contributed by atoms with Crippen molar-refractivity contribution in [3.63, 3.8) is 0 Å². The maximum absolute atomic E-state index is 13.9. The van der Waals surface area contributed by atoms with Crippen molar-refractivity contribution in [1.82, 2.24) is 5.32 Å². The number of aryl methyl sites for hydroxylation is 1. The Balaban J connectivity index is 2.06. The zero-order valence-electron chi connectivity index (χ0n) is 12.2. The average molecular weight is 308 g/mol. The van der Waals surface area contributed by atoms with Gasteiger partial charge < -0.3 is 10.1 Å². The third-order valence-electron chi connectivity index (χ3n) is 3.56. The Morgan fingerprint density at radius 3 is 2.52 bits per heavy atom. The molecule has 0 fully saturated rings. The minimum Gasteiger partial charge on any atom is -0.497 e. The molecule has 21 heavy (non-hydrogen) atoms. The predicted octanol–water partition coefficient (Wildman–Crippen LogP) is 4.38. The zero-order chi connectivity index (χ0) is 15.2. The van der Waals surface area contributed by atoms with Crippen molar-refractivity contribution >= 4 is 11.6 Å². The van der Waals surface area contributed by atoms with E-state index in [1.165, 1.54) is 11.6 Å². The van der Waals surface area contributed by atoms with Gasteiger partial charge in [0.2, 0.25) is 0 Å². The van der Waals surface area contributed by atoms with E-state index < -0.39 is 0 Å². The first-order valence-corrected chi connectivity index (χ1v) is 7.27. The van der Waals surface area contributed by atoms with E-state index in [9.17, 15) is 4.39 Å². The minimum atomic E-state index is -0.228. The van der Waals surface area contributed by atoms with Crippen LogP contribution in [0, 0.1) is 5.82 Å². The lowest BCUT2D eigenvalue weighted by Crippen LogP contribution is -2.18. The molecule has 0 aliphatic carbocycles. The summed E-state index contributed by atoms with van der Waals surface area (Å²) in [6.45, 7) is 0. The van der Waals surface area contributed by atoms with Crippen LogP contribution in [0.2, 0.25) is 5.02 Å². The largest absolute Gasteiger partial charge is 0.497 e. The van der Waals surface area contributed by atoms with Crippen molar-refractivity contribution in [3.05, 3.63) is 64.4 Å². The Labute approximate surface area is 129 Å². The van der Waals surface area contributed by atoms with Gasteiger partial charge in [-0.3, -0.25) is 0 Å². The van der Waals surface area contributed by atoms with Gasteiger partial charge in [-0.15, -0.1) is 0 Å². The van der Waals surface area contributed by atoms with Crippen molar-refractivity contribution in [2.45, 2.75) is 18.9 Å². The van der Waals surface area contributed by atoms with Crippen LogP contribution in [0.1, 0.15) is 23.6 Å². The smallest absolute Gasteiger partial charge is 0.128 e. The number of nitrogens with one attached hydrogen (secondary N) is 1. The second-order valence-electron chi connectivity index (χ2n) is 4.89. The normalized spacial score (nSPS) is 12.2. The Hall–Kier alpha value is -1.58.